The first-order valence-electron chi connectivity index (χ1n) is 16.0. The van der Waals surface area contributed by atoms with E-state index < -0.39 is 161 Å². The molecule has 3 aliphatic rings. The Morgan fingerprint density at radius 1 is 0.667 bits per heavy atom. The van der Waals surface area contributed by atoms with Crippen molar-refractivity contribution in [1.29, 1.82) is 0 Å². The van der Waals surface area contributed by atoms with Crippen LogP contribution < -0.4 is 10.6 Å². The van der Waals surface area contributed by atoms with Crippen LogP contribution in [0.15, 0.2) is 0 Å². The number of amides is 2. The molecular weight excluding hydrogens is 700 g/mol. The number of ether oxygens (including phenoxy) is 6. The highest BCUT2D eigenvalue weighted by molar-refractivity contribution is 5.73. The van der Waals surface area contributed by atoms with Gasteiger partial charge < -0.3 is 105 Å². The third-order valence-electron chi connectivity index (χ3n) is 8.65. The van der Waals surface area contributed by atoms with Gasteiger partial charge in [-0.05, 0) is 0 Å². The van der Waals surface area contributed by atoms with Gasteiger partial charge in [-0.2, -0.15) is 0 Å². The maximum atomic E-state index is 12.1. The van der Waals surface area contributed by atoms with Crippen LogP contribution in [0.1, 0.15) is 13.8 Å². The highest BCUT2D eigenvalue weighted by atomic mass is 16.7. The molecule has 0 spiro atoms. The fourth-order valence-electron chi connectivity index (χ4n) is 5.85. The lowest BCUT2D eigenvalue weighted by Gasteiger charge is -2.47. The van der Waals surface area contributed by atoms with Gasteiger partial charge in [-0.15, -0.1) is 0 Å². The topological polar surface area (TPSA) is 377 Å². The normalized spacial score (nSPS) is 41.3. The largest absolute Gasteiger partial charge is 0.394 e. The number of aliphatic hydroxyl groups excluding tert-OH is 13. The van der Waals surface area contributed by atoms with Gasteiger partial charge in [-0.3, -0.25) is 9.59 Å². The highest BCUT2D eigenvalue weighted by Crippen LogP contribution is 2.30. The van der Waals surface area contributed by atoms with Crippen molar-refractivity contribution < 1.29 is 104 Å². The predicted molar refractivity (Wildman–Crippen MR) is 159 cm³/mol. The van der Waals surface area contributed by atoms with E-state index in [0.717, 1.165) is 13.8 Å². The molecule has 3 rings (SSSR count). The molecule has 0 aromatic rings. The molecule has 0 unspecified atom stereocenters. The van der Waals surface area contributed by atoms with Crippen LogP contribution in [-0.2, 0) is 38.0 Å². The summed E-state index contributed by atoms with van der Waals surface area (Å²) in [6.45, 7) is -2.22. The van der Waals surface area contributed by atoms with Crippen LogP contribution in [0.2, 0.25) is 0 Å². The van der Waals surface area contributed by atoms with E-state index in [1.807, 2.05) is 0 Å². The quantitative estimate of drug-likeness (QED) is 0.0696. The molecule has 15 N–H and O–H groups in total. The molecule has 51 heavy (non-hydrogen) atoms. The predicted octanol–water partition coefficient (Wildman–Crippen LogP) is -9.83. The number of carbonyl (C=O) groups is 2. The second-order valence-corrected chi connectivity index (χ2v) is 12.4. The molecule has 23 heteroatoms. The smallest absolute Gasteiger partial charge is 0.217 e. The minimum Gasteiger partial charge on any atom is -0.394 e. The Labute approximate surface area is 290 Å². The number of rotatable bonds is 16. The van der Waals surface area contributed by atoms with Crippen molar-refractivity contribution >= 4 is 11.8 Å². The second-order valence-electron chi connectivity index (χ2n) is 12.4. The molecule has 23 nitrogen and oxygen atoms in total. The van der Waals surface area contributed by atoms with Crippen molar-refractivity contribution in [3.05, 3.63) is 0 Å². The average Bonchev–Trinajstić information content (AvgIpc) is 3.09. The molecule has 2 amide bonds. The molecule has 298 valence electrons. The van der Waals surface area contributed by atoms with Crippen molar-refractivity contribution in [1.82, 2.24) is 10.6 Å². The van der Waals surface area contributed by atoms with Crippen LogP contribution in [0.25, 0.3) is 0 Å². The Bertz CT molecular complexity index is 1090. The SMILES string of the molecule is CC(=O)N[C@H]1[C@H](OC[C@@H](O)[C@H](O)[C@H](O[C@@H]2O[C@H](CO)[C@H](O)[C@H](O)[C@H]2O)[C@H](CO)NC(C)=O)O[C@H](CO)[C@@H](O[C@@H]2O[C@H](CO)[C@H](O)[C@H](O)[C@H]2O)[C@@H]1O. The van der Waals surface area contributed by atoms with Crippen LogP contribution in [0.5, 0.6) is 0 Å². The van der Waals surface area contributed by atoms with Crippen molar-refractivity contribution in [2.45, 2.75) is 130 Å². The first-order chi connectivity index (χ1) is 24.0. The fraction of sp³-hybridized carbons (Fsp3) is 0.929. The second kappa shape index (κ2) is 19.5. The molecule has 0 aliphatic carbocycles. The van der Waals surface area contributed by atoms with Gasteiger partial charge in [-0.1, -0.05) is 0 Å². The van der Waals surface area contributed by atoms with Crippen LogP contribution in [0, 0.1) is 0 Å². The summed E-state index contributed by atoms with van der Waals surface area (Å²) in [7, 11) is 0. The Balaban J connectivity index is 1.79. The van der Waals surface area contributed by atoms with Gasteiger partial charge >= 0.3 is 0 Å². The summed E-state index contributed by atoms with van der Waals surface area (Å²) < 4.78 is 33.0. The van der Waals surface area contributed by atoms with Gasteiger partial charge in [0.25, 0.3) is 0 Å². The summed E-state index contributed by atoms with van der Waals surface area (Å²) >= 11 is 0. The van der Waals surface area contributed by atoms with E-state index >= 15 is 0 Å². The molecule has 0 aromatic heterocycles. The summed E-state index contributed by atoms with van der Waals surface area (Å²) in [6, 6.07) is -3.05. The molecule has 0 radical (unpaired) electrons. The van der Waals surface area contributed by atoms with Crippen molar-refractivity contribution in [3.8, 4) is 0 Å². The molecule has 3 heterocycles. The van der Waals surface area contributed by atoms with Gasteiger partial charge in [0, 0.05) is 13.8 Å². The third-order valence-corrected chi connectivity index (χ3v) is 8.65. The number of hydrogen-bond acceptors (Lipinski definition) is 21. The van der Waals surface area contributed by atoms with E-state index in [2.05, 4.69) is 10.6 Å². The van der Waals surface area contributed by atoms with E-state index in [-0.39, 0.29) is 0 Å². The number of aliphatic hydroxyl groups is 13. The van der Waals surface area contributed by atoms with Crippen LogP contribution in [0.4, 0.5) is 0 Å². The molecular formula is C28H50N2O21. The standard InChI is InChI=1S/C28H50N2O21/c1-8(35)29-10(3-31)24(50-27-22(44)20(42)17(39)12(4-32)47-27)16(38)11(37)7-46-26-15(30-9(2)36)19(41)25(14(6-34)49-26)51-28-23(45)21(43)18(40)13(5-33)48-28/h10-28,31-34,37-45H,3-7H2,1-2H3,(H,29,35)(H,30,36)/t10-,11+,12+,13+,14+,15+,16-,17-,18-,19+,20-,21-,22+,23+,24+,25+,26+,27-,28-/m0/s1. The Hall–Kier alpha value is -1.82. The molecule has 0 saturated carbocycles. The van der Waals surface area contributed by atoms with Crippen molar-refractivity contribution in [2.24, 2.45) is 0 Å². The monoisotopic (exact) mass is 750 g/mol. The summed E-state index contributed by atoms with van der Waals surface area (Å²) in [6.07, 6.45) is -30.3. The van der Waals surface area contributed by atoms with E-state index in [1.54, 1.807) is 0 Å². The average molecular weight is 751 g/mol. The van der Waals surface area contributed by atoms with E-state index in [9.17, 15) is 76.0 Å². The first kappa shape index (κ1) is 43.6. The molecule has 3 saturated heterocycles. The lowest BCUT2D eigenvalue weighted by molar-refractivity contribution is -0.349. The summed E-state index contributed by atoms with van der Waals surface area (Å²) in [5, 5.41) is 138. The van der Waals surface area contributed by atoms with E-state index in [0.29, 0.717) is 0 Å². The molecule has 19 atom stereocenters. The minimum absolute atomic E-state index is 0.729. The number of hydrogen-bond donors (Lipinski definition) is 15. The zero-order chi connectivity index (χ0) is 38.3. The maximum absolute atomic E-state index is 12.1. The Morgan fingerprint density at radius 3 is 1.67 bits per heavy atom. The van der Waals surface area contributed by atoms with Crippen LogP contribution in [0.3, 0.4) is 0 Å². The van der Waals surface area contributed by atoms with Crippen LogP contribution >= 0.6 is 0 Å². The summed E-state index contributed by atoms with van der Waals surface area (Å²) in [5.74, 6) is -1.47. The van der Waals surface area contributed by atoms with Crippen molar-refractivity contribution in [2.75, 3.05) is 33.0 Å². The Kier molecular flexibility index (Phi) is 16.7. The first-order valence-corrected chi connectivity index (χ1v) is 16.0. The zero-order valence-corrected chi connectivity index (χ0v) is 27.6. The molecule has 3 fully saturated rings. The summed E-state index contributed by atoms with van der Waals surface area (Å²) in [5.41, 5.74) is 0. The Morgan fingerprint density at radius 2 is 1.18 bits per heavy atom. The van der Waals surface area contributed by atoms with Gasteiger partial charge in [0.1, 0.15) is 91.5 Å². The van der Waals surface area contributed by atoms with Gasteiger partial charge in [0.15, 0.2) is 18.9 Å². The lowest BCUT2D eigenvalue weighted by atomic mass is 9.95. The molecule has 0 bridgehead atoms. The molecule has 3 aliphatic heterocycles. The van der Waals surface area contributed by atoms with E-state index in [4.69, 9.17) is 28.4 Å². The zero-order valence-electron chi connectivity index (χ0n) is 27.6. The maximum Gasteiger partial charge on any atom is 0.217 e. The van der Waals surface area contributed by atoms with Gasteiger partial charge in [-0.25, -0.2) is 0 Å². The fourth-order valence-corrected chi connectivity index (χ4v) is 5.85. The molecule has 0 aromatic carbocycles. The highest BCUT2D eigenvalue weighted by Gasteiger charge is 2.52. The minimum atomic E-state index is -2.12. The van der Waals surface area contributed by atoms with E-state index in [1.165, 1.54) is 0 Å². The van der Waals surface area contributed by atoms with Crippen molar-refractivity contribution in [3.63, 3.8) is 0 Å². The number of nitrogens with one attached hydrogen (secondary N) is 2. The lowest BCUT2D eigenvalue weighted by Crippen LogP contribution is -2.67. The van der Waals surface area contributed by atoms with Gasteiger partial charge in [0.05, 0.1) is 39.1 Å². The third kappa shape index (κ3) is 10.4. The van der Waals surface area contributed by atoms with Gasteiger partial charge in [0.2, 0.25) is 11.8 Å². The summed E-state index contributed by atoms with van der Waals surface area (Å²) in [4.78, 5) is 23.9. The number of carbonyl (C=O) groups excluding carboxylic acids is 2. The van der Waals surface area contributed by atoms with Crippen LogP contribution in [-0.4, -0.2) is 228 Å².